The van der Waals surface area contributed by atoms with Crippen LogP contribution in [0.1, 0.15) is 16.7 Å². The summed E-state index contributed by atoms with van der Waals surface area (Å²) in [4.78, 5) is 11.8. The first kappa shape index (κ1) is 16.7. The summed E-state index contributed by atoms with van der Waals surface area (Å²) in [6.45, 7) is 3.05. The molecule has 5 heteroatoms. The molecule has 2 rings (SSSR count). The number of rotatable bonds is 5. The van der Waals surface area contributed by atoms with Crippen molar-refractivity contribution >= 4 is 29.2 Å². The molecule has 0 radical (unpaired) electrons. The van der Waals surface area contributed by atoms with E-state index in [1.807, 2.05) is 37.3 Å². The van der Waals surface area contributed by atoms with Crippen molar-refractivity contribution in [1.29, 1.82) is 0 Å². The molecule has 0 atom stereocenters. The van der Waals surface area contributed by atoms with Crippen LogP contribution in [-0.4, -0.2) is 12.6 Å². The van der Waals surface area contributed by atoms with Gasteiger partial charge in [-0.3, -0.25) is 0 Å². The maximum absolute atomic E-state index is 11.8. The summed E-state index contributed by atoms with van der Waals surface area (Å²) in [6.07, 6.45) is 0.661. The Morgan fingerprint density at radius 2 is 1.91 bits per heavy atom. The van der Waals surface area contributed by atoms with Gasteiger partial charge in [-0.25, -0.2) is 4.79 Å². The highest BCUT2D eigenvalue weighted by Gasteiger charge is 2.03. The Kier molecular flexibility index (Phi) is 6.10. The molecular formula is C17H18Cl2N2O. The molecule has 0 heterocycles. The lowest BCUT2D eigenvalue weighted by Crippen LogP contribution is -2.36. The third-order valence-corrected chi connectivity index (χ3v) is 3.82. The highest BCUT2D eigenvalue weighted by molar-refractivity contribution is 6.35. The van der Waals surface area contributed by atoms with E-state index in [-0.39, 0.29) is 6.03 Å². The van der Waals surface area contributed by atoms with Crippen LogP contribution in [0.4, 0.5) is 4.79 Å². The van der Waals surface area contributed by atoms with Crippen LogP contribution >= 0.6 is 23.2 Å². The van der Waals surface area contributed by atoms with Crippen LogP contribution in [-0.2, 0) is 13.0 Å². The van der Waals surface area contributed by atoms with Gasteiger partial charge in [0.05, 0.1) is 0 Å². The second kappa shape index (κ2) is 8.06. The summed E-state index contributed by atoms with van der Waals surface area (Å²) < 4.78 is 0. The SMILES string of the molecule is Cc1cccc(CNC(=O)NCCc2ccc(Cl)cc2Cl)c1. The lowest BCUT2D eigenvalue weighted by molar-refractivity contribution is 0.240. The maximum Gasteiger partial charge on any atom is 0.315 e. The van der Waals surface area contributed by atoms with Gasteiger partial charge in [0.15, 0.2) is 0 Å². The second-order valence-electron chi connectivity index (χ2n) is 5.08. The zero-order valence-electron chi connectivity index (χ0n) is 12.3. The summed E-state index contributed by atoms with van der Waals surface area (Å²) >= 11 is 11.9. The van der Waals surface area contributed by atoms with E-state index in [1.165, 1.54) is 5.56 Å². The number of amides is 2. The fourth-order valence-electron chi connectivity index (χ4n) is 2.10. The normalized spacial score (nSPS) is 10.3. The quantitative estimate of drug-likeness (QED) is 0.837. The highest BCUT2D eigenvalue weighted by atomic mass is 35.5. The molecule has 2 aromatic rings. The number of hydrogen-bond donors (Lipinski definition) is 2. The fraction of sp³-hybridized carbons (Fsp3) is 0.235. The summed E-state index contributed by atoms with van der Waals surface area (Å²) in [5, 5.41) is 6.88. The van der Waals surface area contributed by atoms with Gasteiger partial charge in [0, 0.05) is 23.1 Å². The van der Waals surface area contributed by atoms with E-state index >= 15 is 0 Å². The van der Waals surface area contributed by atoms with Crippen molar-refractivity contribution in [2.24, 2.45) is 0 Å². The summed E-state index contributed by atoms with van der Waals surface area (Å²) in [7, 11) is 0. The number of benzene rings is 2. The molecule has 0 unspecified atom stereocenters. The zero-order valence-corrected chi connectivity index (χ0v) is 13.8. The number of carbonyl (C=O) groups excluding carboxylic acids is 1. The molecule has 0 aromatic heterocycles. The van der Waals surface area contributed by atoms with Crippen molar-refractivity contribution in [2.75, 3.05) is 6.54 Å². The van der Waals surface area contributed by atoms with Gasteiger partial charge in [0.2, 0.25) is 0 Å². The summed E-state index contributed by atoms with van der Waals surface area (Å²) in [5.41, 5.74) is 3.22. The van der Waals surface area contributed by atoms with Crippen LogP contribution in [0.25, 0.3) is 0 Å². The summed E-state index contributed by atoms with van der Waals surface area (Å²) in [6, 6.07) is 13.2. The van der Waals surface area contributed by atoms with Crippen LogP contribution in [0.3, 0.4) is 0 Å². The Labute approximate surface area is 140 Å². The molecule has 2 amide bonds. The predicted molar refractivity (Wildman–Crippen MR) is 91.6 cm³/mol. The van der Waals surface area contributed by atoms with E-state index < -0.39 is 0 Å². The third kappa shape index (κ3) is 5.24. The predicted octanol–water partition coefficient (Wildman–Crippen LogP) is 4.34. The molecule has 0 aliphatic carbocycles. The molecule has 2 N–H and O–H groups in total. The van der Waals surface area contributed by atoms with Gasteiger partial charge in [-0.1, -0.05) is 59.1 Å². The van der Waals surface area contributed by atoms with Crippen LogP contribution in [0.2, 0.25) is 10.0 Å². The molecule has 2 aromatic carbocycles. The molecule has 116 valence electrons. The number of aryl methyl sites for hydroxylation is 1. The molecule has 0 aliphatic rings. The Bertz CT molecular complexity index is 659. The monoisotopic (exact) mass is 336 g/mol. The Morgan fingerprint density at radius 3 is 2.64 bits per heavy atom. The van der Waals surface area contributed by atoms with Crippen molar-refractivity contribution in [3.8, 4) is 0 Å². The van der Waals surface area contributed by atoms with Crippen molar-refractivity contribution in [1.82, 2.24) is 10.6 Å². The molecular weight excluding hydrogens is 319 g/mol. The molecule has 0 saturated heterocycles. The number of hydrogen-bond acceptors (Lipinski definition) is 1. The third-order valence-electron chi connectivity index (χ3n) is 3.23. The Morgan fingerprint density at radius 1 is 1.09 bits per heavy atom. The fourth-order valence-corrected chi connectivity index (χ4v) is 2.61. The van der Waals surface area contributed by atoms with Crippen LogP contribution in [0, 0.1) is 6.92 Å². The van der Waals surface area contributed by atoms with Gasteiger partial charge < -0.3 is 10.6 Å². The Hall–Kier alpha value is -1.71. The topological polar surface area (TPSA) is 41.1 Å². The number of nitrogens with one attached hydrogen (secondary N) is 2. The van der Waals surface area contributed by atoms with Gasteiger partial charge >= 0.3 is 6.03 Å². The first-order valence-electron chi connectivity index (χ1n) is 7.06. The molecule has 0 fully saturated rings. The van der Waals surface area contributed by atoms with E-state index in [1.54, 1.807) is 12.1 Å². The standard InChI is InChI=1S/C17H18Cl2N2O/c1-12-3-2-4-13(9-12)11-21-17(22)20-8-7-14-5-6-15(18)10-16(14)19/h2-6,9-10H,7-8,11H2,1H3,(H2,20,21,22). The smallest absolute Gasteiger partial charge is 0.315 e. The number of carbonyl (C=O) groups is 1. The van der Waals surface area contributed by atoms with E-state index in [9.17, 15) is 4.79 Å². The van der Waals surface area contributed by atoms with E-state index in [4.69, 9.17) is 23.2 Å². The van der Waals surface area contributed by atoms with Crippen LogP contribution < -0.4 is 10.6 Å². The van der Waals surface area contributed by atoms with Gasteiger partial charge in [-0.2, -0.15) is 0 Å². The van der Waals surface area contributed by atoms with Gasteiger partial charge in [0.1, 0.15) is 0 Å². The molecule has 0 bridgehead atoms. The van der Waals surface area contributed by atoms with Gasteiger partial charge in [-0.05, 0) is 36.6 Å². The summed E-state index contributed by atoms with van der Waals surface area (Å²) in [5.74, 6) is 0. The minimum Gasteiger partial charge on any atom is -0.338 e. The van der Waals surface area contributed by atoms with Crippen molar-refractivity contribution in [3.63, 3.8) is 0 Å². The van der Waals surface area contributed by atoms with Crippen molar-refractivity contribution < 1.29 is 4.79 Å². The van der Waals surface area contributed by atoms with E-state index in [0.717, 1.165) is 11.1 Å². The van der Waals surface area contributed by atoms with Crippen LogP contribution in [0.15, 0.2) is 42.5 Å². The molecule has 0 saturated carbocycles. The molecule has 0 aliphatic heterocycles. The van der Waals surface area contributed by atoms with E-state index in [0.29, 0.717) is 29.6 Å². The highest BCUT2D eigenvalue weighted by Crippen LogP contribution is 2.20. The first-order chi connectivity index (χ1) is 10.5. The lowest BCUT2D eigenvalue weighted by atomic mass is 10.1. The van der Waals surface area contributed by atoms with Crippen molar-refractivity contribution in [2.45, 2.75) is 19.9 Å². The number of halogens is 2. The van der Waals surface area contributed by atoms with Crippen molar-refractivity contribution in [3.05, 3.63) is 69.2 Å². The average Bonchev–Trinajstić information content (AvgIpc) is 2.47. The zero-order chi connectivity index (χ0) is 15.9. The average molecular weight is 337 g/mol. The number of urea groups is 1. The lowest BCUT2D eigenvalue weighted by Gasteiger charge is -2.09. The van der Waals surface area contributed by atoms with E-state index in [2.05, 4.69) is 10.6 Å². The largest absolute Gasteiger partial charge is 0.338 e. The second-order valence-corrected chi connectivity index (χ2v) is 5.93. The van der Waals surface area contributed by atoms with Crippen LogP contribution in [0.5, 0.6) is 0 Å². The van der Waals surface area contributed by atoms with Gasteiger partial charge in [-0.15, -0.1) is 0 Å². The molecule has 3 nitrogen and oxygen atoms in total. The maximum atomic E-state index is 11.8. The molecule has 22 heavy (non-hydrogen) atoms. The minimum atomic E-state index is -0.188. The minimum absolute atomic E-state index is 0.188. The molecule has 0 spiro atoms. The first-order valence-corrected chi connectivity index (χ1v) is 7.81. The Balaban J connectivity index is 1.74. The van der Waals surface area contributed by atoms with Gasteiger partial charge in [0.25, 0.3) is 0 Å².